The first-order chi connectivity index (χ1) is 5.29. The summed E-state index contributed by atoms with van der Waals surface area (Å²) in [6.07, 6.45) is 1.88. The summed E-state index contributed by atoms with van der Waals surface area (Å²) in [7, 11) is 1.48. The summed E-state index contributed by atoms with van der Waals surface area (Å²) in [4.78, 5) is 21.2. The summed E-state index contributed by atoms with van der Waals surface area (Å²) >= 11 is 0. The zero-order chi connectivity index (χ0) is 8.27. The smallest absolute Gasteiger partial charge is 0.269 e. The number of nitrogens with zero attached hydrogens (tertiary/aromatic N) is 1. The summed E-state index contributed by atoms with van der Waals surface area (Å²) in [5.41, 5.74) is 0.465. The molecule has 0 saturated heterocycles. The molecule has 0 unspecified atom stereocenters. The van der Waals surface area contributed by atoms with Crippen LogP contribution >= 0.6 is 0 Å². The van der Waals surface area contributed by atoms with Crippen LogP contribution in [0.5, 0.6) is 0 Å². The molecule has 1 heterocycles. The van der Waals surface area contributed by atoms with Gasteiger partial charge in [-0.3, -0.25) is 14.7 Å². The Bertz CT molecular complexity index is 279. The Balaban J connectivity index is 3.01. The van der Waals surface area contributed by atoms with Crippen LogP contribution in [0.1, 0.15) is 20.8 Å². The van der Waals surface area contributed by atoms with Crippen LogP contribution in [0.2, 0.25) is 0 Å². The van der Waals surface area contributed by atoms with E-state index in [0.717, 1.165) is 0 Å². The van der Waals surface area contributed by atoms with Gasteiger partial charge in [0.15, 0.2) is 6.29 Å². The molecule has 0 aliphatic carbocycles. The molecule has 0 aliphatic rings. The van der Waals surface area contributed by atoms with Gasteiger partial charge in [-0.1, -0.05) is 0 Å². The highest BCUT2D eigenvalue weighted by Gasteiger charge is 2.10. The van der Waals surface area contributed by atoms with Gasteiger partial charge in [-0.2, -0.15) is 5.10 Å². The summed E-state index contributed by atoms with van der Waals surface area (Å²) in [6.45, 7) is 0. The van der Waals surface area contributed by atoms with Gasteiger partial charge in [-0.25, -0.2) is 0 Å². The van der Waals surface area contributed by atoms with Crippen LogP contribution in [0.3, 0.4) is 0 Å². The van der Waals surface area contributed by atoms with Crippen molar-refractivity contribution in [3.63, 3.8) is 0 Å². The molecule has 1 amide bonds. The highest BCUT2D eigenvalue weighted by molar-refractivity contribution is 5.99. The van der Waals surface area contributed by atoms with Gasteiger partial charge >= 0.3 is 0 Å². The third-order valence-electron chi connectivity index (χ3n) is 1.25. The number of amides is 1. The van der Waals surface area contributed by atoms with E-state index in [0.29, 0.717) is 6.29 Å². The van der Waals surface area contributed by atoms with E-state index in [-0.39, 0.29) is 17.2 Å². The van der Waals surface area contributed by atoms with Crippen molar-refractivity contribution < 1.29 is 9.59 Å². The zero-order valence-corrected chi connectivity index (χ0v) is 5.92. The molecule has 11 heavy (non-hydrogen) atoms. The summed E-state index contributed by atoms with van der Waals surface area (Å²) in [5.74, 6) is -0.343. The van der Waals surface area contributed by atoms with Crippen LogP contribution in [0.15, 0.2) is 6.20 Å². The summed E-state index contributed by atoms with van der Waals surface area (Å²) in [6, 6.07) is 0. The van der Waals surface area contributed by atoms with Crippen LogP contribution in [-0.4, -0.2) is 29.4 Å². The van der Waals surface area contributed by atoms with Crippen LogP contribution in [0.4, 0.5) is 0 Å². The monoisotopic (exact) mass is 153 g/mol. The number of aromatic nitrogens is 2. The maximum Gasteiger partial charge on any atom is 0.269 e. The predicted octanol–water partition coefficient (Wildman–Crippen LogP) is -0.418. The number of nitrogens with one attached hydrogen (secondary N) is 2. The molecule has 0 atom stereocenters. The lowest BCUT2D eigenvalue weighted by Gasteiger charge is -1.93. The van der Waals surface area contributed by atoms with Gasteiger partial charge in [0, 0.05) is 7.05 Å². The van der Waals surface area contributed by atoms with E-state index >= 15 is 0 Å². The number of hydrogen-bond donors (Lipinski definition) is 2. The Morgan fingerprint density at radius 1 is 1.82 bits per heavy atom. The van der Waals surface area contributed by atoms with E-state index < -0.39 is 0 Å². The molecule has 58 valence electrons. The minimum Gasteiger partial charge on any atom is -0.354 e. The first-order valence-electron chi connectivity index (χ1n) is 3.00. The van der Waals surface area contributed by atoms with Crippen molar-refractivity contribution in [1.82, 2.24) is 15.5 Å². The Kier molecular flexibility index (Phi) is 2.00. The third kappa shape index (κ3) is 1.26. The lowest BCUT2D eigenvalue weighted by molar-refractivity contribution is 0.0952. The molecule has 0 aromatic carbocycles. The lowest BCUT2D eigenvalue weighted by atomic mass is 10.2. The third-order valence-corrected chi connectivity index (χ3v) is 1.25. The van der Waals surface area contributed by atoms with Crippen molar-refractivity contribution in [1.29, 1.82) is 0 Å². The van der Waals surface area contributed by atoms with Crippen molar-refractivity contribution in [2.45, 2.75) is 0 Å². The van der Waals surface area contributed by atoms with E-state index in [2.05, 4.69) is 15.5 Å². The van der Waals surface area contributed by atoms with Gasteiger partial charge in [0.1, 0.15) is 5.69 Å². The molecule has 0 radical (unpaired) electrons. The highest BCUT2D eigenvalue weighted by Crippen LogP contribution is 1.99. The number of carbonyl (C=O) groups excluding carboxylic acids is 2. The fourth-order valence-electron chi connectivity index (χ4n) is 0.692. The van der Waals surface area contributed by atoms with E-state index in [9.17, 15) is 9.59 Å². The lowest BCUT2D eigenvalue weighted by Crippen LogP contribution is -2.19. The number of carbonyl (C=O) groups is 2. The minimum atomic E-state index is -0.343. The number of rotatable bonds is 2. The first kappa shape index (κ1) is 7.46. The standard InChI is InChI=1S/C6H7N3O2/c1-7-6(11)5-4(3-10)2-8-9-5/h2-3H,1H3,(H,7,11)(H,8,9). The maximum atomic E-state index is 10.9. The fraction of sp³-hybridized carbons (Fsp3) is 0.167. The van der Waals surface area contributed by atoms with E-state index in [4.69, 9.17) is 0 Å². The van der Waals surface area contributed by atoms with Gasteiger partial charge in [-0.15, -0.1) is 0 Å². The summed E-state index contributed by atoms with van der Waals surface area (Å²) < 4.78 is 0. The Morgan fingerprint density at radius 2 is 2.55 bits per heavy atom. The number of aromatic amines is 1. The predicted molar refractivity (Wildman–Crippen MR) is 37.4 cm³/mol. The van der Waals surface area contributed by atoms with Crippen LogP contribution < -0.4 is 5.32 Å². The van der Waals surface area contributed by atoms with Gasteiger partial charge in [0.2, 0.25) is 0 Å². The number of H-pyrrole nitrogens is 1. The average Bonchev–Trinajstić information content (AvgIpc) is 2.50. The van der Waals surface area contributed by atoms with E-state index in [1.807, 2.05) is 0 Å². The molecule has 0 bridgehead atoms. The second-order valence-corrected chi connectivity index (χ2v) is 1.90. The second-order valence-electron chi connectivity index (χ2n) is 1.90. The molecule has 0 aliphatic heterocycles. The topological polar surface area (TPSA) is 74.8 Å². The van der Waals surface area contributed by atoms with Crippen molar-refractivity contribution in [3.8, 4) is 0 Å². The molecular formula is C6H7N3O2. The maximum absolute atomic E-state index is 10.9. The first-order valence-corrected chi connectivity index (χ1v) is 3.00. The molecule has 1 rings (SSSR count). The molecule has 0 fully saturated rings. The van der Waals surface area contributed by atoms with Crippen LogP contribution in [0, 0.1) is 0 Å². The molecule has 5 nitrogen and oxygen atoms in total. The van der Waals surface area contributed by atoms with Crippen LogP contribution in [-0.2, 0) is 0 Å². The number of hydrogen-bond acceptors (Lipinski definition) is 3. The van der Waals surface area contributed by atoms with Crippen LogP contribution in [0.25, 0.3) is 0 Å². The molecule has 0 spiro atoms. The van der Waals surface area contributed by atoms with Crippen molar-refractivity contribution in [3.05, 3.63) is 17.5 Å². The van der Waals surface area contributed by atoms with Crippen molar-refractivity contribution >= 4 is 12.2 Å². The normalized spacial score (nSPS) is 9.18. The SMILES string of the molecule is CNC(=O)c1[nH]ncc1C=O. The summed E-state index contributed by atoms with van der Waals surface area (Å²) in [5, 5.41) is 8.33. The molecule has 0 saturated carbocycles. The molecular weight excluding hydrogens is 146 g/mol. The Labute approximate surface area is 62.8 Å². The highest BCUT2D eigenvalue weighted by atomic mass is 16.2. The Morgan fingerprint density at radius 3 is 3.09 bits per heavy atom. The van der Waals surface area contributed by atoms with E-state index in [1.54, 1.807) is 0 Å². The van der Waals surface area contributed by atoms with E-state index in [1.165, 1.54) is 13.2 Å². The molecule has 2 N–H and O–H groups in total. The zero-order valence-electron chi connectivity index (χ0n) is 5.92. The van der Waals surface area contributed by atoms with Gasteiger partial charge in [-0.05, 0) is 0 Å². The van der Waals surface area contributed by atoms with Gasteiger partial charge < -0.3 is 5.32 Å². The van der Waals surface area contributed by atoms with Crippen molar-refractivity contribution in [2.75, 3.05) is 7.05 Å². The Hall–Kier alpha value is -1.65. The largest absolute Gasteiger partial charge is 0.354 e. The van der Waals surface area contributed by atoms with Gasteiger partial charge in [0.25, 0.3) is 5.91 Å². The second kappa shape index (κ2) is 2.96. The quantitative estimate of drug-likeness (QED) is 0.567. The van der Waals surface area contributed by atoms with Crippen molar-refractivity contribution in [2.24, 2.45) is 0 Å². The van der Waals surface area contributed by atoms with Gasteiger partial charge in [0.05, 0.1) is 11.8 Å². The fourth-order valence-corrected chi connectivity index (χ4v) is 0.692. The molecule has 1 aromatic rings. The number of aldehydes is 1. The molecule has 5 heteroatoms. The average molecular weight is 153 g/mol. The molecule has 1 aromatic heterocycles. The minimum absolute atomic E-state index is 0.197.